The monoisotopic (exact) mass is 423 g/mol. The number of halogens is 3. The molecule has 0 unspecified atom stereocenters. The number of nitrogens with zero attached hydrogens (tertiary/aromatic N) is 4. The normalized spacial score (nSPS) is 14.1. The molecule has 0 amide bonds. The zero-order valence-electron chi connectivity index (χ0n) is 15.3. The number of aromatic amines is 1. The molecule has 0 aliphatic carbocycles. The fraction of sp³-hybridized carbons (Fsp3) is 0.333. The van der Waals surface area contributed by atoms with Gasteiger partial charge in [0.25, 0.3) is 0 Å². The van der Waals surface area contributed by atoms with Gasteiger partial charge < -0.3 is 9.88 Å². The van der Waals surface area contributed by atoms with Gasteiger partial charge in [0.15, 0.2) is 0 Å². The molecular weight excluding hydrogens is 407 g/mol. The molecule has 4 rings (SSSR count). The van der Waals surface area contributed by atoms with Crippen molar-refractivity contribution in [3.8, 4) is 0 Å². The van der Waals surface area contributed by atoms with Crippen LogP contribution in [0, 0.1) is 6.92 Å². The number of nitrogens with one attached hydrogen (secondary N) is 1. The van der Waals surface area contributed by atoms with Crippen LogP contribution in [0.3, 0.4) is 0 Å². The highest BCUT2D eigenvalue weighted by Crippen LogP contribution is 2.34. The molecule has 3 aromatic rings. The first kappa shape index (κ1) is 19.4. The first-order valence-corrected chi connectivity index (χ1v) is 9.60. The summed E-state index contributed by atoms with van der Waals surface area (Å²) >= 11 is 0.598. The highest BCUT2D eigenvalue weighted by Gasteiger charge is 2.32. The molecule has 29 heavy (non-hydrogen) atoms. The summed E-state index contributed by atoms with van der Waals surface area (Å²) in [5.41, 5.74) is 1.06. The molecule has 1 aliphatic heterocycles. The Morgan fingerprint density at radius 1 is 1.17 bits per heavy atom. The molecule has 0 bridgehead atoms. The van der Waals surface area contributed by atoms with Crippen LogP contribution in [0.1, 0.15) is 26.8 Å². The first-order valence-electron chi connectivity index (χ1n) is 8.78. The number of hydrogen-bond donors (Lipinski definition) is 1. The maximum atomic E-state index is 12.8. The number of hydrogen-bond acceptors (Lipinski definition) is 6. The van der Waals surface area contributed by atoms with Crippen LogP contribution in [0.2, 0.25) is 0 Å². The molecule has 0 saturated carbocycles. The molecule has 3 aromatic heterocycles. The van der Waals surface area contributed by atoms with Gasteiger partial charge in [-0.2, -0.15) is 23.1 Å². The molecule has 0 aromatic carbocycles. The lowest BCUT2D eigenvalue weighted by atomic mass is 10.1. The van der Waals surface area contributed by atoms with Gasteiger partial charge in [0.2, 0.25) is 11.5 Å². The minimum Gasteiger partial charge on any atom is -0.336 e. The molecule has 0 spiro atoms. The van der Waals surface area contributed by atoms with Crippen molar-refractivity contribution in [1.82, 2.24) is 19.5 Å². The minimum absolute atomic E-state index is 0.0181. The Balaban J connectivity index is 1.58. The van der Waals surface area contributed by atoms with Crippen LogP contribution in [0.25, 0.3) is 0 Å². The summed E-state index contributed by atoms with van der Waals surface area (Å²) in [4.78, 5) is 36.7. The second-order valence-corrected chi connectivity index (χ2v) is 7.87. The molecule has 0 saturated heterocycles. The molecule has 152 valence electrons. The van der Waals surface area contributed by atoms with E-state index in [1.54, 1.807) is 13.0 Å². The smallest absolute Gasteiger partial charge is 0.336 e. The molecule has 0 atom stereocenters. The SMILES string of the molecule is Cc1nc(N2CCc3[nH]c(=O)ccc3C2)nc(=O)n1Cc1ccc(C(F)(F)F)s1. The van der Waals surface area contributed by atoms with Crippen molar-refractivity contribution in [3.63, 3.8) is 0 Å². The predicted molar refractivity (Wildman–Crippen MR) is 101 cm³/mol. The third-order valence-corrected chi connectivity index (χ3v) is 5.82. The van der Waals surface area contributed by atoms with Crippen LogP contribution in [0.15, 0.2) is 33.9 Å². The van der Waals surface area contributed by atoms with E-state index in [4.69, 9.17) is 0 Å². The average molecular weight is 423 g/mol. The summed E-state index contributed by atoms with van der Waals surface area (Å²) in [5.74, 6) is 0.636. The second kappa shape index (κ2) is 7.14. The number of rotatable bonds is 3. The second-order valence-electron chi connectivity index (χ2n) is 6.70. The minimum atomic E-state index is -4.40. The Kier molecular flexibility index (Phi) is 4.77. The summed E-state index contributed by atoms with van der Waals surface area (Å²) < 4.78 is 39.6. The largest absolute Gasteiger partial charge is 0.425 e. The Bertz CT molecular complexity index is 1180. The van der Waals surface area contributed by atoms with Gasteiger partial charge >= 0.3 is 11.9 Å². The van der Waals surface area contributed by atoms with Crippen molar-refractivity contribution >= 4 is 17.3 Å². The maximum absolute atomic E-state index is 12.8. The quantitative estimate of drug-likeness (QED) is 0.699. The number of aromatic nitrogens is 4. The Labute approximate surface area is 166 Å². The molecule has 0 fully saturated rings. The summed E-state index contributed by atoms with van der Waals surface area (Å²) in [6.45, 7) is 2.60. The van der Waals surface area contributed by atoms with Gasteiger partial charge in [-0.1, -0.05) is 6.07 Å². The van der Waals surface area contributed by atoms with Gasteiger partial charge in [0.05, 0.1) is 6.54 Å². The number of H-pyrrole nitrogens is 1. The van der Waals surface area contributed by atoms with Gasteiger partial charge in [-0.25, -0.2) is 4.79 Å². The highest BCUT2D eigenvalue weighted by molar-refractivity contribution is 7.12. The number of alkyl halides is 3. The molecule has 11 heteroatoms. The molecule has 4 heterocycles. The lowest BCUT2D eigenvalue weighted by Gasteiger charge is -2.28. The average Bonchev–Trinajstić information content (AvgIpc) is 3.13. The molecule has 0 radical (unpaired) electrons. The molecule has 7 nitrogen and oxygen atoms in total. The maximum Gasteiger partial charge on any atom is 0.425 e. The van der Waals surface area contributed by atoms with Gasteiger partial charge in [-0.15, -0.1) is 11.3 Å². The van der Waals surface area contributed by atoms with Crippen molar-refractivity contribution in [1.29, 1.82) is 0 Å². The number of pyridine rings is 1. The van der Waals surface area contributed by atoms with Gasteiger partial charge in [0.1, 0.15) is 10.7 Å². The van der Waals surface area contributed by atoms with Crippen LogP contribution in [-0.4, -0.2) is 26.1 Å². The number of thiophene rings is 1. The van der Waals surface area contributed by atoms with Crippen LogP contribution in [0.4, 0.5) is 19.1 Å². The van der Waals surface area contributed by atoms with Crippen molar-refractivity contribution in [2.24, 2.45) is 0 Å². The molecular formula is C18H16F3N5O2S. The van der Waals surface area contributed by atoms with Crippen LogP contribution in [0.5, 0.6) is 0 Å². The van der Waals surface area contributed by atoms with E-state index >= 15 is 0 Å². The zero-order chi connectivity index (χ0) is 20.8. The summed E-state index contributed by atoms with van der Waals surface area (Å²) in [6.07, 6.45) is -3.82. The fourth-order valence-corrected chi connectivity index (χ4v) is 4.09. The van der Waals surface area contributed by atoms with E-state index < -0.39 is 16.7 Å². The van der Waals surface area contributed by atoms with Gasteiger partial charge in [0, 0.05) is 36.1 Å². The lowest BCUT2D eigenvalue weighted by molar-refractivity contribution is -0.134. The highest BCUT2D eigenvalue weighted by atomic mass is 32.1. The summed E-state index contributed by atoms with van der Waals surface area (Å²) in [7, 11) is 0. The van der Waals surface area contributed by atoms with Crippen LogP contribution < -0.4 is 16.1 Å². The van der Waals surface area contributed by atoms with E-state index in [0.29, 0.717) is 41.5 Å². The predicted octanol–water partition coefficient (Wildman–Crippen LogP) is 2.33. The number of aryl methyl sites for hydroxylation is 1. The Morgan fingerprint density at radius 3 is 2.66 bits per heavy atom. The van der Waals surface area contributed by atoms with E-state index in [-0.39, 0.29) is 18.1 Å². The van der Waals surface area contributed by atoms with E-state index in [9.17, 15) is 22.8 Å². The Morgan fingerprint density at radius 2 is 1.97 bits per heavy atom. The van der Waals surface area contributed by atoms with E-state index in [1.165, 1.54) is 16.7 Å². The first-order chi connectivity index (χ1) is 13.7. The van der Waals surface area contributed by atoms with Crippen LogP contribution in [-0.2, 0) is 25.7 Å². The Hall–Kier alpha value is -2.95. The van der Waals surface area contributed by atoms with E-state index in [1.807, 2.05) is 4.90 Å². The third kappa shape index (κ3) is 3.95. The van der Waals surface area contributed by atoms with E-state index in [2.05, 4.69) is 15.0 Å². The summed E-state index contributed by atoms with van der Waals surface area (Å²) in [6, 6.07) is 5.55. The number of fused-ring (bicyclic) bond motifs is 1. The molecule has 1 aliphatic rings. The van der Waals surface area contributed by atoms with Crippen molar-refractivity contribution in [2.75, 3.05) is 11.4 Å². The van der Waals surface area contributed by atoms with Crippen molar-refractivity contribution in [3.05, 3.63) is 71.9 Å². The van der Waals surface area contributed by atoms with E-state index in [0.717, 1.165) is 17.3 Å². The summed E-state index contributed by atoms with van der Waals surface area (Å²) in [5, 5.41) is 0. The van der Waals surface area contributed by atoms with Crippen molar-refractivity contribution < 1.29 is 13.2 Å². The van der Waals surface area contributed by atoms with Crippen molar-refractivity contribution in [2.45, 2.75) is 32.6 Å². The van der Waals surface area contributed by atoms with Gasteiger partial charge in [-0.05, 0) is 24.6 Å². The standard InChI is InChI=1S/C18H16F3N5O2S/c1-10-22-16(25-7-6-13-11(8-25)2-5-15(27)23-13)24-17(28)26(10)9-12-3-4-14(29-12)18(19,20)21/h2-5H,6-9H2,1H3,(H,23,27). The molecule has 1 N–H and O–H groups in total. The fourth-order valence-electron chi connectivity index (χ4n) is 3.23. The lowest BCUT2D eigenvalue weighted by Crippen LogP contribution is -2.37. The van der Waals surface area contributed by atoms with Crippen LogP contribution >= 0.6 is 11.3 Å². The topological polar surface area (TPSA) is 83.9 Å². The zero-order valence-corrected chi connectivity index (χ0v) is 16.1. The number of anilines is 1. The van der Waals surface area contributed by atoms with Gasteiger partial charge in [-0.3, -0.25) is 9.36 Å². The third-order valence-electron chi connectivity index (χ3n) is 4.71.